The van der Waals surface area contributed by atoms with Gasteiger partial charge in [0.05, 0.1) is 0 Å². The van der Waals surface area contributed by atoms with Crippen molar-refractivity contribution in [2.75, 3.05) is 0 Å². The van der Waals surface area contributed by atoms with Crippen LogP contribution >= 0.6 is 0 Å². The fraction of sp³-hybridized carbons (Fsp3) is 0. The molecule has 0 spiro atoms. The van der Waals surface area contributed by atoms with Gasteiger partial charge in [0.15, 0.2) is 0 Å². The topological polar surface area (TPSA) is 39.4 Å². The van der Waals surface area contributed by atoms with E-state index in [-0.39, 0.29) is 0 Å². The molecular formula is C56H32O3. The van der Waals surface area contributed by atoms with Crippen LogP contribution in [-0.4, -0.2) is 0 Å². The van der Waals surface area contributed by atoms with E-state index in [9.17, 15) is 0 Å². The third-order valence-electron chi connectivity index (χ3n) is 12.2. The van der Waals surface area contributed by atoms with E-state index in [2.05, 4.69) is 188 Å². The first-order chi connectivity index (χ1) is 29.3. The van der Waals surface area contributed by atoms with Gasteiger partial charge in [-0.1, -0.05) is 164 Å². The minimum absolute atomic E-state index is 0.813. The van der Waals surface area contributed by atoms with Crippen molar-refractivity contribution >= 4 is 87.2 Å². The zero-order valence-electron chi connectivity index (χ0n) is 31.7. The highest BCUT2D eigenvalue weighted by Gasteiger charge is 2.28. The van der Waals surface area contributed by atoms with Crippen LogP contribution in [0, 0.1) is 0 Å². The van der Waals surface area contributed by atoms with E-state index in [0.29, 0.717) is 0 Å². The molecule has 0 amide bonds. The first-order valence-electron chi connectivity index (χ1n) is 20.1. The summed E-state index contributed by atoms with van der Waals surface area (Å²) in [5.41, 5.74) is 11.9. The van der Waals surface area contributed by atoms with Crippen LogP contribution in [0.3, 0.4) is 0 Å². The molecule has 3 heterocycles. The Hall–Kier alpha value is -7.88. The molecule has 0 bridgehead atoms. The highest BCUT2D eigenvalue weighted by molar-refractivity contribution is 6.31. The summed E-state index contributed by atoms with van der Waals surface area (Å²) in [5.74, 6) is 0.839. The van der Waals surface area contributed by atoms with E-state index < -0.39 is 0 Å². The quantitative estimate of drug-likeness (QED) is 0.168. The summed E-state index contributed by atoms with van der Waals surface area (Å²) in [7, 11) is 0. The summed E-state index contributed by atoms with van der Waals surface area (Å²) >= 11 is 0. The Bertz CT molecular complexity index is 3780. The SMILES string of the molecule is c1ccc(-c2c(-c3ccc4ccccc4c3)oc3cc(-c4c5ccccc5c(-c5cccc6oc7ccccc7c56)c5ccccc45)c4oc5ccccc5c4c23)cc1. The van der Waals surface area contributed by atoms with E-state index >= 15 is 0 Å². The van der Waals surface area contributed by atoms with Gasteiger partial charge < -0.3 is 13.3 Å². The van der Waals surface area contributed by atoms with Crippen molar-refractivity contribution in [3.63, 3.8) is 0 Å². The van der Waals surface area contributed by atoms with Crippen LogP contribution in [0.2, 0.25) is 0 Å². The monoisotopic (exact) mass is 752 g/mol. The smallest absolute Gasteiger partial charge is 0.144 e. The lowest BCUT2D eigenvalue weighted by atomic mass is 9.84. The van der Waals surface area contributed by atoms with Gasteiger partial charge >= 0.3 is 0 Å². The van der Waals surface area contributed by atoms with Gasteiger partial charge in [-0.15, -0.1) is 0 Å². The highest BCUT2D eigenvalue weighted by atomic mass is 16.3. The Kier molecular flexibility index (Phi) is 6.72. The van der Waals surface area contributed by atoms with E-state index in [1.165, 1.54) is 16.3 Å². The Morgan fingerprint density at radius 1 is 0.271 bits per heavy atom. The zero-order valence-corrected chi connectivity index (χ0v) is 31.7. The number of rotatable bonds is 4. The molecule has 0 radical (unpaired) electrons. The highest BCUT2D eigenvalue weighted by Crippen LogP contribution is 2.53. The van der Waals surface area contributed by atoms with Gasteiger partial charge in [0, 0.05) is 49.2 Å². The number of furan rings is 3. The lowest BCUT2D eigenvalue weighted by molar-refractivity contribution is 0.632. The number of hydrogen-bond acceptors (Lipinski definition) is 3. The predicted octanol–water partition coefficient (Wildman–Crippen LogP) is 16.4. The van der Waals surface area contributed by atoms with Crippen LogP contribution in [0.4, 0.5) is 0 Å². The summed E-state index contributed by atoms with van der Waals surface area (Å²) in [5, 5.41) is 12.3. The molecule has 0 unspecified atom stereocenters. The van der Waals surface area contributed by atoms with Gasteiger partial charge in [-0.25, -0.2) is 0 Å². The maximum atomic E-state index is 7.22. The Balaban J connectivity index is 1.19. The van der Waals surface area contributed by atoms with Crippen molar-refractivity contribution in [3.8, 4) is 44.7 Å². The molecule has 274 valence electrons. The fourth-order valence-corrected chi connectivity index (χ4v) is 9.77. The number of benzene rings is 10. The van der Waals surface area contributed by atoms with Gasteiger partial charge in [0.2, 0.25) is 0 Å². The molecule has 0 saturated heterocycles. The van der Waals surface area contributed by atoms with E-state index in [1.807, 2.05) is 6.07 Å². The van der Waals surface area contributed by atoms with Crippen LogP contribution in [0.25, 0.3) is 132 Å². The Morgan fingerprint density at radius 2 is 0.831 bits per heavy atom. The summed E-state index contributed by atoms with van der Waals surface area (Å²) in [6.07, 6.45) is 0. The fourth-order valence-electron chi connectivity index (χ4n) is 9.77. The molecule has 0 aliphatic carbocycles. The summed E-state index contributed by atoms with van der Waals surface area (Å²) in [6, 6.07) is 68.7. The maximum absolute atomic E-state index is 7.22. The summed E-state index contributed by atoms with van der Waals surface area (Å²) in [4.78, 5) is 0. The van der Waals surface area contributed by atoms with Crippen LogP contribution < -0.4 is 0 Å². The lowest BCUT2D eigenvalue weighted by Gasteiger charge is -2.18. The second kappa shape index (κ2) is 12.3. The first kappa shape index (κ1) is 32.2. The predicted molar refractivity (Wildman–Crippen MR) is 245 cm³/mol. The average Bonchev–Trinajstić information content (AvgIpc) is 4.00. The molecule has 0 aliphatic rings. The molecule has 13 aromatic rings. The summed E-state index contributed by atoms with van der Waals surface area (Å²) < 4.78 is 20.7. The second-order valence-electron chi connectivity index (χ2n) is 15.5. The van der Waals surface area contributed by atoms with Gasteiger partial charge in [-0.2, -0.15) is 0 Å². The molecule has 0 atom stereocenters. The van der Waals surface area contributed by atoms with Gasteiger partial charge in [0.1, 0.15) is 33.7 Å². The third kappa shape index (κ3) is 4.64. The molecule has 3 heteroatoms. The van der Waals surface area contributed by atoms with Crippen LogP contribution in [-0.2, 0) is 0 Å². The van der Waals surface area contributed by atoms with Gasteiger partial charge in [-0.3, -0.25) is 0 Å². The average molecular weight is 753 g/mol. The van der Waals surface area contributed by atoms with E-state index in [0.717, 1.165) is 116 Å². The molecule has 0 saturated carbocycles. The molecule has 3 nitrogen and oxygen atoms in total. The molecule has 0 fully saturated rings. The van der Waals surface area contributed by atoms with Crippen molar-refractivity contribution < 1.29 is 13.3 Å². The van der Waals surface area contributed by atoms with E-state index in [4.69, 9.17) is 13.3 Å². The maximum Gasteiger partial charge on any atom is 0.144 e. The number of fused-ring (bicyclic) bond motifs is 11. The molecular weight excluding hydrogens is 721 g/mol. The lowest BCUT2D eigenvalue weighted by Crippen LogP contribution is -1.92. The molecule has 0 aliphatic heterocycles. The van der Waals surface area contributed by atoms with Crippen molar-refractivity contribution in [2.45, 2.75) is 0 Å². The van der Waals surface area contributed by atoms with Crippen molar-refractivity contribution in [3.05, 3.63) is 194 Å². The largest absolute Gasteiger partial charge is 0.456 e. The minimum Gasteiger partial charge on any atom is -0.456 e. The number of para-hydroxylation sites is 2. The standard InChI is InChI=1S/C56H32O3/c1-2-16-34(17-3-1)49-54-48(59-55(49)36-30-29-33-15-4-5-18-35(33)31-36)32-44(56-53(54)42-24-11-13-27-46(42)58-56)51-39-21-8-6-19-37(39)50(38-20-7-9-22-40(38)51)43-25-14-28-47-52(43)41-23-10-12-26-45(41)57-47/h1-32H. The second-order valence-corrected chi connectivity index (χ2v) is 15.5. The molecule has 10 aromatic carbocycles. The van der Waals surface area contributed by atoms with Crippen molar-refractivity contribution in [1.82, 2.24) is 0 Å². The van der Waals surface area contributed by atoms with Crippen LogP contribution in [0.15, 0.2) is 207 Å². The van der Waals surface area contributed by atoms with Gasteiger partial charge in [0.25, 0.3) is 0 Å². The molecule has 0 N–H and O–H groups in total. The first-order valence-corrected chi connectivity index (χ1v) is 20.1. The zero-order chi connectivity index (χ0) is 38.6. The summed E-state index contributed by atoms with van der Waals surface area (Å²) in [6.45, 7) is 0. The van der Waals surface area contributed by atoms with Crippen LogP contribution in [0.1, 0.15) is 0 Å². The Morgan fingerprint density at radius 3 is 1.54 bits per heavy atom. The minimum atomic E-state index is 0.813. The van der Waals surface area contributed by atoms with Crippen LogP contribution in [0.5, 0.6) is 0 Å². The number of hydrogen-bond donors (Lipinski definition) is 0. The van der Waals surface area contributed by atoms with Crippen molar-refractivity contribution in [2.24, 2.45) is 0 Å². The molecule has 3 aromatic heterocycles. The van der Waals surface area contributed by atoms with E-state index in [1.54, 1.807) is 0 Å². The molecule has 59 heavy (non-hydrogen) atoms. The molecule has 13 rings (SSSR count). The normalized spacial score (nSPS) is 12.1. The van der Waals surface area contributed by atoms with Gasteiger partial charge in [-0.05, 0) is 79.3 Å². The third-order valence-corrected chi connectivity index (χ3v) is 12.2. The van der Waals surface area contributed by atoms with Crippen molar-refractivity contribution in [1.29, 1.82) is 0 Å². The Labute approximate surface area is 337 Å².